The third-order valence-corrected chi connectivity index (χ3v) is 6.10. The molecule has 0 atom stereocenters. The molecule has 30 heavy (non-hydrogen) atoms. The van der Waals surface area contributed by atoms with Gasteiger partial charge in [-0.3, -0.25) is 9.59 Å². The minimum atomic E-state index is -0.0103. The van der Waals surface area contributed by atoms with Gasteiger partial charge in [-0.1, -0.05) is 48.5 Å². The van der Waals surface area contributed by atoms with Gasteiger partial charge in [0.25, 0.3) is 5.91 Å². The second kappa shape index (κ2) is 9.63. The molecule has 2 amide bonds. The summed E-state index contributed by atoms with van der Waals surface area (Å²) in [5, 5.41) is 2.99. The first kappa shape index (κ1) is 20.2. The molecule has 4 rings (SSSR count). The van der Waals surface area contributed by atoms with Gasteiger partial charge < -0.3 is 10.2 Å². The monoisotopic (exact) mass is 416 g/mol. The number of rotatable bonds is 6. The fourth-order valence-electron chi connectivity index (χ4n) is 3.66. The summed E-state index contributed by atoms with van der Waals surface area (Å²) in [6.45, 7) is 0.711. The number of thioether (sulfide) groups is 1. The third-order valence-electron chi connectivity index (χ3n) is 5.09. The predicted octanol–water partition coefficient (Wildman–Crippen LogP) is 5.15. The molecular weight excluding hydrogens is 392 g/mol. The normalized spacial score (nSPS) is 12.9. The van der Waals surface area contributed by atoms with Crippen LogP contribution in [-0.4, -0.2) is 24.1 Å². The second-order valence-corrected chi connectivity index (χ2v) is 8.28. The summed E-state index contributed by atoms with van der Waals surface area (Å²) in [6, 6.07) is 25.3. The fraction of sp³-hybridized carbons (Fsp3) is 0.200. The van der Waals surface area contributed by atoms with Crippen molar-refractivity contribution in [2.24, 2.45) is 0 Å². The van der Waals surface area contributed by atoms with Crippen LogP contribution in [0.2, 0.25) is 0 Å². The van der Waals surface area contributed by atoms with E-state index in [9.17, 15) is 9.59 Å². The van der Waals surface area contributed by atoms with E-state index in [1.807, 2.05) is 71.6 Å². The third kappa shape index (κ3) is 4.92. The molecule has 5 heteroatoms. The molecule has 0 spiro atoms. The molecule has 1 heterocycles. The number of aryl methyl sites for hydroxylation is 1. The number of amides is 2. The predicted molar refractivity (Wildman–Crippen MR) is 124 cm³/mol. The first-order valence-electron chi connectivity index (χ1n) is 10.1. The molecule has 3 aromatic carbocycles. The maximum Gasteiger partial charge on any atom is 0.258 e. The maximum absolute atomic E-state index is 12.9. The Balaban J connectivity index is 1.38. The van der Waals surface area contributed by atoms with Crippen LogP contribution >= 0.6 is 11.8 Å². The number of hydrogen-bond acceptors (Lipinski definition) is 3. The van der Waals surface area contributed by atoms with Crippen molar-refractivity contribution in [1.82, 2.24) is 0 Å². The van der Waals surface area contributed by atoms with Crippen LogP contribution in [0.1, 0.15) is 27.9 Å². The molecule has 0 aromatic heterocycles. The summed E-state index contributed by atoms with van der Waals surface area (Å²) in [5.41, 5.74) is 4.73. The summed E-state index contributed by atoms with van der Waals surface area (Å²) >= 11 is 1.60. The Hall–Kier alpha value is -3.05. The van der Waals surface area contributed by atoms with Crippen molar-refractivity contribution >= 4 is 35.0 Å². The summed E-state index contributed by atoms with van der Waals surface area (Å²) < 4.78 is 0. The van der Waals surface area contributed by atoms with Gasteiger partial charge >= 0.3 is 0 Å². The van der Waals surface area contributed by atoms with Crippen LogP contribution < -0.4 is 10.2 Å². The molecule has 0 bridgehead atoms. The van der Waals surface area contributed by atoms with Crippen molar-refractivity contribution < 1.29 is 9.59 Å². The van der Waals surface area contributed by atoms with Gasteiger partial charge in [0.1, 0.15) is 0 Å². The second-order valence-electron chi connectivity index (χ2n) is 7.30. The number of carbonyl (C=O) groups is 2. The van der Waals surface area contributed by atoms with Crippen LogP contribution in [-0.2, 0) is 17.0 Å². The van der Waals surface area contributed by atoms with Gasteiger partial charge in [0.2, 0.25) is 5.91 Å². The zero-order valence-electron chi connectivity index (χ0n) is 16.7. The van der Waals surface area contributed by atoms with Gasteiger partial charge in [-0.2, -0.15) is 0 Å². The van der Waals surface area contributed by atoms with E-state index in [-0.39, 0.29) is 11.8 Å². The lowest BCUT2D eigenvalue weighted by molar-refractivity contribution is -0.113. The molecule has 152 valence electrons. The summed E-state index contributed by atoms with van der Waals surface area (Å²) in [6.07, 6.45) is 1.82. The number of nitrogens with one attached hydrogen (secondary N) is 1. The van der Waals surface area contributed by atoms with Crippen LogP contribution in [0.3, 0.4) is 0 Å². The van der Waals surface area contributed by atoms with Crippen molar-refractivity contribution in [1.29, 1.82) is 0 Å². The molecule has 0 saturated carbocycles. The Morgan fingerprint density at radius 3 is 2.43 bits per heavy atom. The molecule has 0 unspecified atom stereocenters. The van der Waals surface area contributed by atoms with E-state index in [2.05, 4.69) is 17.4 Å². The first-order valence-corrected chi connectivity index (χ1v) is 11.3. The largest absolute Gasteiger partial charge is 0.325 e. The Morgan fingerprint density at radius 2 is 1.67 bits per heavy atom. The highest BCUT2D eigenvalue weighted by Crippen LogP contribution is 2.31. The summed E-state index contributed by atoms with van der Waals surface area (Å²) in [4.78, 5) is 27.1. The van der Waals surface area contributed by atoms with Crippen LogP contribution in [0.25, 0.3) is 0 Å². The molecule has 1 N–H and O–H groups in total. The van der Waals surface area contributed by atoms with Crippen molar-refractivity contribution in [2.75, 3.05) is 22.5 Å². The van der Waals surface area contributed by atoms with Crippen LogP contribution in [0.15, 0.2) is 78.9 Å². The maximum atomic E-state index is 12.9. The summed E-state index contributed by atoms with van der Waals surface area (Å²) in [7, 11) is 0. The number of fused-ring (bicyclic) bond motifs is 1. The van der Waals surface area contributed by atoms with E-state index in [1.54, 1.807) is 11.8 Å². The molecule has 0 radical (unpaired) electrons. The molecule has 1 aliphatic heterocycles. The number of nitrogens with zero attached hydrogens (tertiary/aromatic N) is 1. The topological polar surface area (TPSA) is 49.4 Å². The van der Waals surface area contributed by atoms with E-state index in [0.717, 1.165) is 35.5 Å². The van der Waals surface area contributed by atoms with Gasteiger partial charge in [0.05, 0.1) is 5.75 Å². The average Bonchev–Trinajstić information content (AvgIpc) is 2.79. The van der Waals surface area contributed by atoms with Gasteiger partial charge in [0.15, 0.2) is 0 Å². The summed E-state index contributed by atoms with van der Waals surface area (Å²) in [5.74, 6) is 1.23. The van der Waals surface area contributed by atoms with Gasteiger partial charge in [-0.25, -0.2) is 0 Å². The molecule has 3 aromatic rings. The van der Waals surface area contributed by atoms with E-state index in [4.69, 9.17) is 0 Å². The van der Waals surface area contributed by atoms with Crippen LogP contribution in [0.5, 0.6) is 0 Å². The quantitative estimate of drug-likeness (QED) is 0.604. The van der Waals surface area contributed by atoms with Crippen LogP contribution in [0.4, 0.5) is 11.4 Å². The van der Waals surface area contributed by atoms with Gasteiger partial charge in [-0.05, 0) is 54.3 Å². The Bertz CT molecular complexity index is 1020. The zero-order chi connectivity index (χ0) is 20.8. The van der Waals surface area contributed by atoms with Crippen molar-refractivity contribution in [3.05, 3.63) is 95.6 Å². The molecule has 1 aliphatic rings. The lowest BCUT2D eigenvalue weighted by Gasteiger charge is -2.30. The van der Waals surface area contributed by atoms with Crippen molar-refractivity contribution in [3.8, 4) is 0 Å². The number of carbonyl (C=O) groups excluding carboxylic acids is 2. The number of benzene rings is 3. The van der Waals surface area contributed by atoms with E-state index < -0.39 is 0 Å². The molecular formula is C25H24N2O2S. The highest BCUT2D eigenvalue weighted by Gasteiger charge is 2.23. The van der Waals surface area contributed by atoms with E-state index in [1.165, 1.54) is 5.56 Å². The number of hydrogen-bond donors (Lipinski definition) is 1. The zero-order valence-corrected chi connectivity index (χ0v) is 17.5. The van der Waals surface area contributed by atoms with Crippen LogP contribution in [0, 0.1) is 0 Å². The highest BCUT2D eigenvalue weighted by atomic mass is 32.2. The van der Waals surface area contributed by atoms with Gasteiger partial charge in [0, 0.05) is 29.2 Å². The Labute approximate surface area is 181 Å². The van der Waals surface area contributed by atoms with E-state index >= 15 is 0 Å². The average molecular weight is 417 g/mol. The minimum Gasteiger partial charge on any atom is -0.325 e. The first-order chi connectivity index (χ1) is 14.7. The lowest BCUT2D eigenvalue weighted by Crippen LogP contribution is -2.35. The number of anilines is 2. The van der Waals surface area contributed by atoms with Gasteiger partial charge in [-0.15, -0.1) is 11.8 Å². The SMILES string of the molecule is O=C(CSCc1ccccc1)Nc1ccc2c(c1)CCCN2C(=O)c1ccccc1. The highest BCUT2D eigenvalue weighted by molar-refractivity contribution is 7.99. The Kier molecular flexibility index (Phi) is 6.50. The Morgan fingerprint density at radius 1 is 0.933 bits per heavy atom. The van der Waals surface area contributed by atoms with E-state index in [0.29, 0.717) is 17.9 Å². The lowest BCUT2D eigenvalue weighted by atomic mass is 10.00. The standard InChI is InChI=1S/C25H24N2O2S/c28-24(18-30-17-19-8-3-1-4-9-19)26-22-13-14-23-21(16-22)12-7-15-27(23)25(29)20-10-5-2-6-11-20/h1-6,8-11,13-14,16H,7,12,15,17-18H2,(H,26,28). The molecule has 0 saturated heterocycles. The molecule has 0 aliphatic carbocycles. The van der Waals surface area contributed by atoms with Crippen molar-refractivity contribution in [2.45, 2.75) is 18.6 Å². The molecule has 4 nitrogen and oxygen atoms in total. The molecule has 0 fully saturated rings. The minimum absolute atomic E-state index is 0.0103. The van der Waals surface area contributed by atoms with Crippen molar-refractivity contribution in [3.63, 3.8) is 0 Å². The fourth-order valence-corrected chi connectivity index (χ4v) is 4.44. The smallest absolute Gasteiger partial charge is 0.258 e.